The van der Waals surface area contributed by atoms with Gasteiger partial charge in [0.1, 0.15) is 5.82 Å². The number of aromatic nitrogens is 3. The van der Waals surface area contributed by atoms with Crippen molar-refractivity contribution in [1.29, 1.82) is 0 Å². The van der Waals surface area contributed by atoms with E-state index in [1.54, 1.807) is 10.7 Å². The van der Waals surface area contributed by atoms with Crippen LogP contribution in [0.1, 0.15) is 43.6 Å². The SMILES string of the molecule is CCCc1nc(C(=O)NCC(C)(C)N)nn1-c1ccccc1Cl.Cl. The van der Waals surface area contributed by atoms with Crippen LogP contribution in [-0.4, -0.2) is 32.8 Å². The van der Waals surface area contributed by atoms with E-state index in [0.29, 0.717) is 29.5 Å². The highest BCUT2D eigenvalue weighted by atomic mass is 35.5. The minimum atomic E-state index is -0.493. The number of aryl methyl sites for hydroxylation is 1. The molecule has 0 spiro atoms. The fraction of sp³-hybridized carbons (Fsp3) is 0.438. The van der Waals surface area contributed by atoms with Crippen molar-refractivity contribution in [3.8, 4) is 5.69 Å². The monoisotopic (exact) mass is 371 g/mol. The van der Waals surface area contributed by atoms with Crippen LogP contribution < -0.4 is 11.1 Å². The highest BCUT2D eigenvalue weighted by molar-refractivity contribution is 6.32. The van der Waals surface area contributed by atoms with Gasteiger partial charge >= 0.3 is 0 Å². The van der Waals surface area contributed by atoms with Crippen molar-refractivity contribution >= 4 is 29.9 Å². The summed E-state index contributed by atoms with van der Waals surface area (Å²) in [5.41, 5.74) is 6.10. The highest BCUT2D eigenvalue weighted by Crippen LogP contribution is 2.21. The molecule has 2 aromatic rings. The Bertz CT molecular complexity index is 694. The van der Waals surface area contributed by atoms with Gasteiger partial charge in [0.05, 0.1) is 10.7 Å². The maximum Gasteiger partial charge on any atom is 0.291 e. The Labute approximate surface area is 153 Å². The Hall–Kier alpha value is -1.63. The molecule has 24 heavy (non-hydrogen) atoms. The Morgan fingerprint density at radius 1 is 1.38 bits per heavy atom. The number of benzene rings is 1. The van der Waals surface area contributed by atoms with Crippen LogP contribution in [-0.2, 0) is 6.42 Å². The number of hydrogen-bond acceptors (Lipinski definition) is 4. The van der Waals surface area contributed by atoms with Crippen molar-refractivity contribution in [2.75, 3.05) is 6.54 Å². The number of rotatable bonds is 6. The van der Waals surface area contributed by atoms with Crippen LogP contribution in [0.25, 0.3) is 5.69 Å². The summed E-state index contributed by atoms with van der Waals surface area (Å²) in [7, 11) is 0. The highest BCUT2D eigenvalue weighted by Gasteiger charge is 2.20. The first-order chi connectivity index (χ1) is 10.8. The van der Waals surface area contributed by atoms with Gasteiger partial charge < -0.3 is 11.1 Å². The first-order valence-electron chi connectivity index (χ1n) is 7.59. The molecule has 0 aliphatic carbocycles. The van der Waals surface area contributed by atoms with Crippen LogP contribution in [0, 0.1) is 0 Å². The number of nitrogens with two attached hydrogens (primary N) is 1. The molecule has 6 nitrogen and oxygen atoms in total. The lowest BCUT2D eigenvalue weighted by Crippen LogP contribution is -2.45. The van der Waals surface area contributed by atoms with E-state index in [2.05, 4.69) is 15.4 Å². The van der Waals surface area contributed by atoms with Crippen molar-refractivity contribution in [2.24, 2.45) is 5.73 Å². The number of nitrogens with one attached hydrogen (secondary N) is 1. The molecule has 0 unspecified atom stereocenters. The van der Waals surface area contributed by atoms with Crippen LogP contribution in [0.4, 0.5) is 0 Å². The Kier molecular flexibility index (Phi) is 7.20. The van der Waals surface area contributed by atoms with Crippen LogP contribution in [0.5, 0.6) is 0 Å². The standard InChI is InChI=1S/C16H22ClN5O.ClH/c1-4-7-13-20-14(15(23)19-10-16(2,3)18)21-22(13)12-9-6-5-8-11(12)17;/h5-6,8-9H,4,7,10,18H2,1-3H3,(H,19,23);1H. The largest absolute Gasteiger partial charge is 0.347 e. The zero-order chi connectivity index (χ0) is 17.0. The molecular formula is C16H23Cl2N5O. The molecule has 0 aliphatic rings. The summed E-state index contributed by atoms with van der Waals surface area (Å²) in [6.45, 7) is 6.06. The van der Waals surface area contributed by atoms with E-state index in [9.17, 15) is 4.79 Å². The zero-order valence-electron chi connectivity index (χ0n) is 14.0. The van der Waals surface area contributed by atoms with Gasteiger partial charge in [0.25, 0.3) is 5.91 Å². The molecule has 1 aromatic carbocycles. The topological polar surface area (TPSA) is 85.8 Å². The van der Waals surface area contributed by atoms with Crippen molar-refractivity contribution in [2.45, 2.75) is 39.2 Å². The molecule has 1 amide bonds. The van der Waals surface area contributed by atoms with Gasteiger partial charge in [0.15, 0.2) is 0 Å². The number of carbonyl (C=O) groups excluding carboxylic acids is 1. The summed E-state index contributed by atoms with van der Waals surface area (Å²) in [6.07, 6.45) is 1.59. The van der Waals surface area contributed by atoms with Crippen molar-refractivity contribution < 1.29 is 4.79 Å². The van der Waals surface area contributed by atoms with E-state index in [-0.39, 0.29) is 24.1 Å². The predicted molar refractivity (Wildman–Crippen MR) is 98.2 cm³/mol. The first-order valence-corrected chi connectivity index (χ1v) is 7.97. The maximum absolute atomic E-state index is 12.2. The number of carbonyl (C=O) groups is 1. The minimum absolute atomic E-state index is 0. The third-order valence-corrected chi connectivity index (χ3v) is 3.46. The van der Waals surface area contributed by atoms with Crippen molar-refractivity contribution in [1.82, 2.24) is 20.1 Å². The van der Waals surface area contributed by atoms with Gasteiger partial charge in [-0.25, -0.2) is 9.67 Å². The number of amides is 1. The van der Waals surface area contributed by atoms with Crippen molar-refractivity contribution in [3.05, 3.63) is 40.9 Å². The molecule has 0 saturated carbocycles. The van der Waals surface area contributed by atoms with Crippen LogP contribution in [0.3, 0.4) is 0 Å². The van der Waals surface area contributed by atoms with E-state index in [4.69, 9.17) is 17.3 Å². The quantitative estimate of drug-likeness (QED) is 0.817. The Morgan fingerprint density at radius 3 is 2.62 bits per heavy atom. The van der Waals surface area contributed by atoms with Crippen LogP contribution >= 0.6 is 24.0 Å². The predicted octanol–water partition coefficient (Wildman–Crippen LogP) is 2.76. The molecule has 0 bridgehead atoms. The van der Waals surface area contributed by atoms with Crippen LogP contribution in [0.15, 0.2) is 24.3 Å². The third-order valence-electron chi connectivity index (χ3n) is 3.14. The van der Waals surface area contributed by atoms with E-state index in [1.165, 1.54) is 0 Å². The number of para-hydroxylation sites is 1. The summed E-state index contributed by atoms with van der Waals surface area (Å²) < 4.78 is 1.63. The van der Waals surface area contributed by atoms with Gasteiger partial charge in [0.2, 0.25) is 5.82 Å². The maximum atomic E-state index is 12.2. The van der Waals surface area contributed by atoms with Crippen LogP contribution in [0.2, 0.25) is 5.02 Å². The molecule has 1 aromatic heterocycles. The van der Waals surface area contributed by atoms with E-state index in [0.717, 1.165) is 6.42 Å². The second-order valence-corrected chi connectivity index (χ2v) is 6.54. The molecule has 0 aliphatic heterocycles. The lowest BCUT2D eigenvalue weighted by atomic mass is 10.1. The number of nitrogens with zero attached hydrogens (tertiary/aromatic N) is 3. The van der Waals surface area contributed by atoms with Crippen molar-refractivity contribution in [3.63, 3.8) is 0 Å². The normalized spacial score (nSPS) is 11.0. The summed E-state index contributed by atoms with van der Waals surface area (Å²) in [4.78, 5) is 16.6. The lowest BCUT2D eigenvalue weighted by molar-refractivity contribution is 0.0935. The molecule has 3 N–H and O–H groups in total. The van der Waals surface area contributed by atoms with Gasteiger partial charge in [-0.2, -0.15) is 0 Å². The van der Waals surface area contributed by atoms with E-state index in [1.807, 2.05) is 39.0 Å². The molecule has 132 valence electrons. The van der Waals surface area contributed by atoms with E-state index < -0.39 is 5.54 Å². The van der Waals surface area contributed by atoms with Gasteiger partial charge in [-0.1, -0.05) is 30.7 Å². The van der Waals surface area contributed by atoms with Gasteiger partial charge in [-0.15, -0.1) is 17.5 Å². The number of halogens is 2. The molecule has 8 heteroatoms. The average molecular weight is 372 g/mol. The number of hydrogen-bond donors (Lipinski definition) is 2. The first kappa shape index (κ1) is 20.4. The van der Waals surface area contributed by atoms with Gasteiger partial charge in [-0.3, -0.25) is 4.79 Å². The molecule has 2 rings (SSSR count). The molecule has 0 fully saturated rings. The van der Waals surface area contributed by atoms with Gasteiger partial charge in [-0.05, 0) is 32.4 Å². The molecule has 1 heterocycles. The lowest BCUT2D eigenvalue weighted by Gasteiger charge is -2.18. The second kappa shape index (κ2) is 8.46. The van der Waals surface area contributed by atoms with E-state index >= 15 is 0 Å². The molecule has 0 radical (unpaired) electrons. The molecule has 0 saturated heterocycles. The average Bonchev–Trinajstić information content (AvgIpc) is 2.89. The smallest absolute Gasteiger partial charge is 0.291 e. The summed E-state index contributed by atoms with van der Waals surface area (Å²) >= 11 is 6.24. The molecular weight excluding hydrogens is 349 g/mol. The summed E-state index contributed by atoms with van der Waals surface area (Å²) in [6, 6.07) is 7.35. The fourth-order valence-corrected chi connectivity index (χ4v) is 2.25. The third kappa shape index (κ3) is 5.19. The fourth-order valence-electron chi connectivity index (χ4n) is 2.03. The minimum Gasteiger partial charge on any atom is -0.347 e. The Balaban J connectivity index is 0.00000288. The van der Waals surface area contributed by atoms with Gasteiger partial charge in [0, 0.05) is 18.5 Å². The zero-order valence-corrected chi connectivity index (χ0v) is 15.6. The Morgan fingerprint density at radius 2 is 2.04 bits per heavy atom. The summed E-state index contributed by atoms with van der Waals surface area (Å²) in [5, 5.41) is 7.64. The second-order valence-electron chi connectivity index (χ2n) is 6.14. The summed E-state index contributed by atoms with van der Waals surface area (Å²) in [5.74, 6) is 0.488. The molecule has 0 atom stereocenters.